The summed E-state index contributed by atoms with van der Waals surface area (Å²) in [5, 5.41) is 2.17. The molecule has 2 aliphatic rings. The van der Waals surface area contributed by atoms with Gasteiger partial charge in [0.15, 0.2) is 0 Å². The second-order valence-electron chi connectivity index (χ2n) is 11.1. The zero-order chi connectivity index (χ0) is 24.4. The van der Waals surface area contributed by atoms with Crippen LogP contribution in [-0.2, 0) is 10.8 Å². The van der Waals surface area contributed by atoms with Crippen LogP contribution in [0.4, 0.5) is 17.1 Å². The maximum atomic E-state index is 9.48. The third kappa shape index (κ3) is 2.22. The van der Waals surface area contributed by atoms with E-state index in [0.29, 0.717) is 18.8 Å². The number of nitrogens with zero attached hydrogens (tertiary/aromatic N) is 2. The Kier molecular flexibility index (Phi) is 3.24. The maximum absolute atomic E-state index is 9.48. The number of hydrogen-bond acceptors (Lipinski definition) is 3. The minimum Gasteiger partial charge on any atom is -0.456 e. The predicted octanol–water partition coefficient (Wildman–Crippen LogP) is 7.73. The summed E-state index contributed by atoms with van der Waals surface area (Å²) in [7, 11) is 2.03. The largest absolute Gasteiger partial charge is 0.456 e. The number of hydrogen-bond donors (Lipinski definition) is 0. The van der Waals surface area contributed by atoms with Crippen LogP contribution in [0.5, 0.6) is 0 Å². The quantitative estimate of drug-likeness (QED) is 0.310. The number of furan rings is 1. The third-order valence-electron chi connectivity index (χ3n) is 9.01. The highest BCUT2D eigenvalue weighted by molar-refractivity contribution is 6.06. The minimum absolute atomic E-state index is 0.0962. The first kappa shape index (κ1) is 17.6. The van der Waals surface area contributed by atoms with E-state index in [1.165, 1.54) is 0 Å². The van der Waals surface area contributed by atoms with Crippen LogP contribution in [0.3, 0.4) is 0 Å². The summed E-state index contributed by atoms with van der Waals surface area (Å²) in [6.45, 7) is 14.2. The van der Waals surface area contributed by atoms with Gasteiger partial charge in [0.05, 0.1) is 20.8 Å². The predicted molar refractivity (Wildman–Crippen MR) is 135 cm³/mol. The van der Waals surface area contributed by atoms with Crippen LogP contribution < -0.4 is 9.80 Å². The van der Waals surface area contributed by atoms with E-state index in [9.17, 15) is 2.74 Å². The zero-order valence-corrected chi connectivity index (χ0v) is 20.1. The summed E-state index contributed by atoms with van der Waals surface area (Å²) >= 11 is 0. The number of para-hydroxylation sites is 1. The van der Waals surface area contributed by atoms with E-state index < -0.39 is 0 Å². The molecule has 6 rings (SSSR count). The molecule has 0 atom stereocenters. The molecule has 3 heteroatoms. The fourth-order valence-electron chi connectivity index (χ4n) is 5.74. The lowest BCUT2D eigenvalue weighted by Gasteiger charge is -2.44. The molecule has 0 radical (unpaired) electrons. The van der Waals surface area contributed by atoms with Crippen molar-refractivity contribution in [2.45, 2.75) is 52.4 Å². The lowest BCUT2D eigenvalue weighted by Crippen LogP contribution is -2.42. The second kappa shape index (κ2) is 5.89. The number of rotatable bonds is 1. The smallest absolute Gasteiger partial charge is 0.135 e. The molecule has 164 valence electrons. The molecule has 4 aromatic rings. The highest BCUT2D eigenvalue weighted by atomic mass is 16.3. The molecule has 1 aliphatic heterocycles. The summed E-state index contributed by atoms with van der Waals surface area (Å²) in [6.07, 6.45) is 0. The van der Waals surface area contributed by atoms with Gasteiger partial charge in [0.25, 0.3) is 0 Å². The molecule has 0 fully saturated rings. The molecule has 0 N–H and O–H groups in total. The van der Waals surface area contributed by atoms with Crippen LogP contribution in [-0.4, -0.2) is 13.7 Å². The lowest BCUT2D eigenvalue weighted by molar-refractivity contribution is 0.125. The molecule has 1 aromatic heterocycles. The SMILES string of the molecule is [2H]c1c2c(c([2H])c3c1C(C)(C)C(C)(C)C3(C)C)N(c1ccc3oc4ccccc4c3c1)CN2C. The van der Waals surface area contributed by atoms with Crippen LogP contribution >= 0.6 is 0 Å². The van der Waals surface area contributed by atoms with Gasteiger partial charge in [-0.3, -0.25) is 0 Å². The van der Waals surface area contributed by atoms with Crippen LogP contribution in [0, 0.1) is 5.41 Å². The maximum Gasteiger partial charge on any atom is 0.135 e. The Bertz CT molecular complexity index is 1510. The van der Waals surface area contributed by atoms with Crippen molar-refractivity contribution < 1.29 is 7.16 Å². The normalized spacial score (nSPS) is 21.1. The van der Waals surface area contributed by atoms with E-state index in [1.807, 2.05) is 31.3 Å². The molecule has 0 amide bonds. The second-order valence-corrected chi connectivity index (χ2v) is 11.1. The van der Waals surface area contributed by atoms with Crippen molar-refractivity contribution in [2.75, 3.05) is 23.5 Å². The van der Waals surface area contributed by atoms with Gasteiger partial charge in [0, 0.05) is 23.5 Å². The molecule has 0 saturated carbocycles. The van der Waals surface area contributed by atoms with Crippen molar-refractivity contribution in [2.24, 2.45) is 5.41 Å². The molecular weight excluding hydrogens is 392 g/mol. The highest BCUT2D eigenvalue weighted by Crippen LogP contribution is 2.63. The van der Waals surface area contributed by atoms with Gasteiger partial charge in [-0.25, -0.2) is 0 Å². The summed E-state index contributed by atoms with van der Waals surface area (Å²) in [4.78, 5) is 4.33. The Morgan fingerprint density at radius 2 is 1.44 bits per heavy atom. The first-order valence-corrected chi connectivity index (χ1v) is 11.5. The fraction of sp³-hybridized carbons (Fsp3) is 0.379. The van der Waals surface area contributed by atoms with Gasteiger partial charge < -0.3 is 14.2 Å². The van der Waals surface area contributed by atoms with E-state index in [-0.39, 0.29) is 16.2 Å². The molecule has 0 bridgehead atoms. The fourth-order valence-corrected chi connectivity index (χ4v) is 5.74. The van der Waals surface area contributed by atoms with Gasteiger partial charge in [-0.1, -0.05) is 59.7 Å². The number of anilines is 3. The topological polar surface area (TPSA) is 19.6 Å². The summed E-state index contributed by atoms with van der Waals surface area (Å²) in [5.74, 6) is 0. The molecule has 0 spiro atoms. The van der Waals surface area contributed by atoms with Crippen molar-refractivity contribution in [1.82, 2.24) is 0 Å². The third-order valence-corrected chi connectivity index (χ3v) is 9.01. The molecule has 3 aromatic carbocycles. The van der Waals surface area contributed by atoms with Crippen LogP contribution in [0.15, 0.2) is 59.0 Å². The van der Waals surface area contributed by atoms with Gasteiger partial charge in [0.1, 0.15) is 11.2 Å². The van der Waals surface area contributed by atoms with Crippen LogP contribution in [0.25, 0.3) is 21.9 Å². The first-order chi connectivity index (χ1) is 15.9. The van der Waals surface area contributed by atoms with Crippen LogP contribution in [0.1, 0.15) is 55.4 Å². The van der Waals surface area contributed by atoms with E-state index >= 15 is 0 Å². The Labute approximate surface area is 193 Å². The van der Waals surface area contributed by atoms with E-state index in [4.69, 9.17) is 4.42 Å². The molecule has 0 saturated heterocycles. The molecular formula is C29H32N2O. The standard InChI is InChI=1S/C29H32N2O/c1-27(2)21-15-23-24(16-22(21)28(3,4)29(27,5)6)31(17-30(23)7)18-12-13-26-20(14-18)19-10-8-9-11-25(19)32-26/h8-16H,17H2,1-7H3/i15D,16D. The zero-order valence-electron chi connectivity index (χ0n) is 22.1. The van der Waals surface area contributed by atoms with Gasteiger partial charge in [-0.15, -0.1) is 0 Å². The summed E-state index contributed by atoms with van der Waals surface area (Å²) in [5.41, 5.74) is 6.01. The molecule has 0 unspecified atom stereocenters. The Morgan fingerprint density at radius 3 is 2.16 bits per heavy atom. The Balaban J connectivity index is 1.62. The summed E-state index contributed by atoms with van der Waals surface area (Å²) in [6, 6.07) is 15.5. The molecule has 2 heterocycles. The first-order valence-electron chi connectivity index (χ1n) is 12.5. The molecule has 1 aliphatic carbocycles. The van der Waals surface area contributed by atoms with E-state index in [1.54, 1.807) is 0 Å². The van der Waals surface area contributed by atoms with Gasteiger partial charge in [0.2, 0.25) is 0 Å². The van der Waals surface area contributed by atoms with Crippen molar-refractivity contribution in [3.05, 3.63) is 65.7 Å². The van der Waals surface area contributed by atoms with E-state index in [0.717, 1.165) is 50.1 Å². The van der Waals surface area contributed by atoms with Crippen molar-refractivity contribution in [3.8, 4) is 0 Å². The van der Waals surface area contributed by atoms with Gasteiger partial charge >= 0.3 is 0 Å². The Morgan fingerprint density at radius 1 is 0.812 bits per heavy atom. The molecule has 3 nitrogen and oxygen atoms in total. The average molecular weight is 427 g/mol. The highest BCUT2D eigenvalue weighted by Gasteiger charge is 2.57. The Hall–Kier alpha value is -2.94. The summed E-state index contributed by atoms with van der Waals surface area (Å²) < 4.78 is 24.9. The van der Waals surface area contributed by atoms with Crippen molar-refractivity contribution in [3.63, 3.8) is 0 Å². The number of benzene rings is 3. The molecule has 32 heavy (non-hydrogen) atoms. The van der Waals surface area contributed by atoms with Crippen molar-refractivity contribution >= 4 is 39.0 Å². The van der Waals surface area contributed by atoms with Crippen LogP contribution in [0.2, 0.25) is 0 Å². The van der Waals surface area contributed by atoms with E-state index in [2.05, 4.69) is 69.5 Å². The number of fused-ring (bicyclic) bond motifs is 5. The minimum atomic E-state index is -0.231. The van der Waals surface area contributed by atoms with Gasteiger partial charge in [-0.2, -0.15) is 0 Å². The van der Waals surface area contributed by atoms with Gasteiger partial charge in [-0.05, 0) is 63.7 Å². The van der Waals surface area contributed by atoms with Crippen molar-refractivity contribution in [1.29, 1.82) is 0 Å². The lowest BCUT2D eigenvalue weighted by atomic mass is 9.59. The average Bonchev–Trinajstić information content (AvgIpc) is 3.35. The monoisotopic (exact) mass is 426 g/mol.